The van der Waals surface area contributed by atoms with Crippen LogP contribution in [0.1, 0.15) is 48.4 Å². The number of methoxy groups -OCH3 is 2. The van der Waals surface area contributed by atoms with E-state index >= 15 is 0 Å². The number of hydrogen-bond donors (Lipinski definition) is 0. The Morgan fingerprint density at radius 3 is 1.75 bits per heavy atom. The van der Waals surface area contributed by atoms with Crippen LogP contribution in [0.2, 0.25) is 0 Å². The van der Waals surface area contributed by atoms with E-state index in [0.29, 0.717) is 6.42 Å². The van der Waals surface area contributed by atoms with Crippen molar-refractivity contribution in [3.05, 3.63) is 0 Å². The Kier molecular flexibility index (Phi) is 9.96. The van der Waals surface area contributed by atoms with Crippen LogP contribution < -0.4 is 0 Å². The SMILES string of the molecule is CCC(C)(C)C(=O)OC.CCCC(=O)OC.[3HH]. The zero-order valence-electron chi connectivity index (χ0n) is 11.3. The summed E-state index contributed by atoms with van der Waals surface area (Å²) in [7, 11) is 2.82. The van der Waals surface area contributed by atoms with Gasteiger partial charge < -0.3 is 9.47 Å². The molecule has 0 bridgehead atoms. The average Bonchev–Trinajstić information content (AvgIpc) is 2.28. The molecule has 0 saturated carbocycles. The summed E-state index contributed by atoms with van der Waals surface area (Å²) in [6.45, 7) is 7.66. The number of carbonyl (C=O) groups excluding carboxylic acids is 2. The predicted molar refractivity (Wildman–Crippen MR) is 65.1 cm³/mol. The summed E-state index contributed by atoms with van der Waals surface area (Å²) in [5.74, 6) is -0.257. The molecule has 0 atom stereocenters. The molecule has 16 heavy (non-hydrogen) atoms. The molecule has 0 aliphatic heterocycles. The minimum absolute atomic E-state index is 0. The predicted octanol–water partition coefficient (Wildman–Crippen LogP) is 2.80. The third kappa shape index (κ3) is 8.26. The summed E-state index contributed by atoms with van der Waals surface area (Å²) < 4.78 is 8.92. The third-order valence-electron chi connectivity index (χ3n) is 2.30. The topological polar surface area (TPSA) is 52.6 Å². The largest absolute Gasteiger partial charge is 0.469 e. The van der Waals surface area contributed by atoms with Gasteiger partial charge >= 0.3 is 11.9 Å². The van der Waals surface area contributed by atoms with Crippen molar-refractivity contribution in [2.45, 2.75) is 47.0 Å². The molecular weight excluding hydrogens is 208 g/mol. The Morgan fingerprint density at radius 1 is 1.12 bits per heavy atom. The van der Waals surface area contributed by atoms with Gasteiger partial charge in [0, 0.05) is 7.85 Å². The summed E-state index contributed by atoms with van der Waals surface area (Å²) in [4.78, 5) is 21.0. The fraction of sp³-hybridized carbons (Fsp3) is 0.833. The Labute approximate surface area is 99.8 Å². The first kappa shape index (κ1) is 17.3. The molecule has 0 spiro atoms. The summed E-state index contributed by atoms with van der Waals surface area (Å²) in [5, 5.41) is 0. The molecule has 4 nitrogen and oxygen atoms in total. The maximum absolute atomic E-state index is 10.8. The molecule has 0 N–H and O–H groups in total. The normalized spacial score (nSPS) is 9.88. The van der Waals surface area contributed by atoms with E-state index in [4.69, 9.17) is 0 Å². The van der Waals surface area contributed by atoms with E-state index < -0.39 is 0 Å². The van der Waals surface area contributed by atoms with Crippen molar-refractivity contribution in [3.63, 3.8) is 0 Å². The van der Waals surface area contributed by atoms with Gasteiger partial charge in [0.15, 0.2) is 0 Å². The van der Waals surface area contributed by atoms with E-state index in [2.05, 4.69) is 9.47 Å². The number of ether oxygens (including phenoxy) is 2. The van der Waals surface area contributed by atoms with Crippen molar-refractivity contribution >= 4 is 11.9 Å². The molecular formula is C12H26O4. The van der Waals surface area contributed by atoms with Gasteiger partial charge in [-0.25, -0.2) is 0 Å². The highest BCUT2D eigenvalue weighted by atomic mass is 16.5. The number of esters is 2. The van der Waals surface area contributed by atoms with Crippen LogP contribution in [0.25, 0.3) is 0 Å². The first-order valence-corrected chi connectivity index (χ1v) is 5.50. The van der Waals surface area contributed by atoms with Gasteiger partial charge in [-0.2, -0.15) is 0 Å². The van der Waals surface area contributed by atoms with Gasteiger partial charge in [0.25, 0.3) is 0 Å². The van der Waals surface area contributed by atoms with E-state index in [9.17, 15) is 9.59 Å². The first-order valence-electron chi connectivity index (χ1n) is 5.50. The molecule has 0 fully saturated rings. The molecule has 0 aromatic rings. The number of carbonyl (C=O) groups is 2. The van der Waals surface area contributed by atoms with E-state index in [1.807, 2.05) is 27.7 Å². The highest BCUT2D eigenvalue weighted by Gasteiger charge is 2.25. The molecule has 0 aromatic carbocycles. The van der Waals surface area contributed by atoms with Crippen LogP contribution in [-0.2, 0) is 19.1 Å². The Bertz CT molecular complexity index is 215. The molecule has 0 unspecified atom stereocenters. The minimum Gasteiger partial charge on any atom is -0.469 e. The van der Waals surface area contributed by atoms with Crippen molar-refractivity contribution < 1.29 is 20.5 Å². The van der Waals surface area contributed by atoms with E-state index in [-0.39, 0.29) is 18.8 Å². The summed E-state index contributed by atoms with van der Waals surface area (Å²) in [6, 6.07) is 0. The molecule has 0 radical (unpaired) electrons. The molecule has 0 aromatic heterocycles. The molecule has 0 rings (SSSR count). The fourth-order valence-corrected chi connectivity index (χ4v) is 0.727. The first-order chi connectivity index (χ1) is 7.35. The molecule has 0 amide bonds. The molecule has 0 saturated heterocycles. The van der Waals surface area contributed by atoms with Gasteiger partial charge in [-0.3, -0.25) is 9.59 Å². The van der Waals surface area contributed by atoms with Crippen LogP contribution in [0, 0.1) is 5.41 Å². The molecule has 0 aliphatic rings. The number of rotatable bonds is 4. The molecule has 98 valence electrons. The summed E-state index contributed by atoms with van der Waals surface area (Å²) in [5.41, 5.74) is -0.311. The molecule has 4 heteroatoms. The zero-order chi connectivity index (χ0) is 13.2. The summed E-state index contributed by atoms with van der Waals surface area (Å²) >= 11 is 0. The van der Waals surface area contributed by atoms with Gasteiger partial charge in [-0.1, -0.05) is 13.8 Å². The lowest BCUT2D eigenvalue weighted by Gasteiger charge is -2.17. The lowest BCUT2D eigenvalue weighted by molar-refractivity contribution is -0.150. The lowest BCUT2D eigenvalue weighted by Crippen LogP contribution is -2.24. The van der Waals surface area contributed by atoms with E-state index in [0.717, 1.165) is 12.8 Å². The maximum Gasteiger partial charge on any atom is 0.311 e. The van der Waals surface area contributed by atoms with Gasteiger partial charge in [0.1, 0.15) is 0 Å². The minimum atomic E-state index is -0.311. The van der Waals surface area contributed by atoms with Crippen molar-refractivity contribution in [3.8, 4) is 0 Å². The standard InChI is InChI=1S/C7H14O2.C5H10O2.H2/c1-5-7(2,3)6(8)9-4;1-3-4-5(6)7-2;/h5H2,1-4H3;3-4H2,1-2H3;1H/i;;1+2. The molecule has 0 aliphatic carbocycles. The van der Waals surface area contributed by atoms with Crippen LogP contribution in [0.3, 0.4) is 0 Å². The second-order valence-electron chi connectivity index (χ2n) is 4.06. The highest BCUT2D eigenvalue weighted by molar-refractivity contribution is 5.75. The van der Waals surface area contributed by atoms with Gasteiger partial charge in [-0.15, -0.1) is 0 Å². The second kappa shape index (κ2) is 9.19. The Morgan fingerprint density at radius 2 is 1.62 bits per heavy atom. The number of hydrogen-bond acceptors (Lipinski definition) is 4. The van der Waals surface area contributed by atoms with Crippen molar-refractivity contribution in [2.75, 3.05) is 14.2 Å². The van der Waals surface area contributed by atoms with Crippen molar-refractivity contribution in [2.24, 2.45) is 5.41 Å². The fourth-order valence-electron chi connectivity index (χ4n) is 0.727. The highest BCUT2D eigenvalue weighted by Crippen LogP contribution is 2.20. The van der Waals surface area contributed by atoms with E-state index in [1.165, 1.54) is 14.2 Å². The van der Waals surface area contributed by atoms with Crippen LogP contribution in [0.5, 0.6) is 0 Å². The van der Waals surface area contributed by atoms with Crippen LogP contribution in [-0.4, -0.2) is 26.2 Å². The van der Waals surface area contributed by atoms with Gasteiger partial charge in [0.2, 0.25) is 0 Å². The average molecular weight is 236 g/mol. The van der Waals surface area contributed by atoms with Crippen molar-refractivity contribution in [1.29, 1.82) is 0 Å². The van der Waals surface area contributed by atoms with Crippen LogP contribution in [0.15, 0.2) is 0 Å². The smallest absolute Gasteiger partial charge is 0.311 e. The summed E-state index contributed by atoms with van der Waals surface area (Å²) in [6.07, 6.45) is 2.23. The van der Waals surface area contributed by atoms with Crippen molar-refractivity contribution in [1.82, 2.24) is 0 Å². The third-order valence-corrected chi connectivity index (χ3v) is 2.30. The van der Waals surface area contributed by atoms with Crippen LogP contribution >= 0.6 is 0 Å². The van der Waals surface area contributed by atoms with Gasteiger partial charge in [0.05, 0.1) is 19.6 Å². The zero-order valence-corrected chi connectivity index (χ0v) is 11.3. The Balaban J connectivity index is -0.000000224. The quantitative estimate of drug-likeness (QED) is 0.704. The lowest BCUT2D eigenvalue weighted by atomic mass is 9.91. The van der Waals surface area contributed by atoms with E-state index in [1.54, 1.807) is 0 Å². The Hall–Kier alpha value is -1.06. The molecule has 0 heterocycles. The van der Waals surface area contributed by atoms with Crippen LogP contribution in [0.4, 0.5) is 0 Å². The second-order valence-corrected chi connectivity index (χ2v) is 4.06. The van der Waals surface area contributed by atoms with Gasteiger partial charge in [-0.05, 0) is 26.7 Å². The maximum atomic E-state index is 10.8. The monoisotopic (exact) mass is 236 g/mol.